The second kappa shape index (κ2) is 13.7. The summed E-state index contributed by atoms with van der Waals surface area (Å²) in [6.45, 7) is 1.67. The quantitative estimate of drug-likeness (QED) is 0.122. The lowest BCUT2D eigenvalue weighted by atomic mass is 10.1. The zero-order chi connectivity index (χ0) is 24.9. The van der Waals surface area contributed by atoms with E-state index in [1.54, 1.807) is 36.4 Å². The van der Waals surface area contributed by atoms with E-state index in [4.69, 9.17) is 10.9 Å². The third-order valence-electron chi connectivity index (χ3n) is 4.66. The van der Waals surface area contributed by atoms with Gasteiger partial charge in [-0.25, -0.2) is 5.48 Å². The zero-order valence-corrected chi connectivity index (χ0v) is 19.2. The van der Waals surface area contributed by atoms with Crippen LogP contribution in [-0.4, -0.2) is 74.1 Å². The summed E-state index contributed by atoms with van der Waals surface area (Å²) in [6.07, 6.45) is 0. The van der Waals surface area contributed by atoms with Crippen LogP contribution in [0, 0.1) is 11.8 Å². The van der Waals surface area contributed by atoms with Crippen molar-refractivity contribution in [1.82, 2.24) is 21.0 Å². The minimum atomic E-state index is -1.04. The Kier molecular flexibility index (Phi) is 10.7. The Morgan fingerprint density at radius 3 is 2.12 bits per heavy atom. The van der Waals surface area contributed by atoms with E-state index in [2.05, 4.69) is 27.8 Å². The summed E-state index contributed by atoms with van der Waals surface area (Å²) in [5, 5.41) is 17.0. The Morgan fingerprint density at radius 1 is 1.00 bits per heavy atom. The van der Waals surface area contributed by atoms with Crippen LogP contribution in [0.1, 0.15) is 21.5 Å². The minimum Gasteiger partial charge on any atom is -0.339 e. The average molecular weight is 467 g/mol. The molecule has 7 N–H and O–H groups in total. The van der Waals surface area contributed by atoms with Crippen molar-refractivity contribution >= 4 is 23.4 Å². The molecule has 34 heavy (non-hydrogen) atoms. The number of carbonyl (C=O) groups is 3. The first kappa shape index (κ1) is 26.5. The van der Waals surface area contributed by atoms with Gasteiger partial charge in [0.25, 0.3) is 11.8 Å². The van der Waals surface area contributed by atoms with Gasteiger partial charge in [0.2, 0.25) is 5.91 Å². The molecule has 180 valence electrons. The van der Waals surface area contributed by atoms with Crippen molar-refractivity contribution < 1.29 is 19.6 Å². The first-order valence-electron chi connectivity index (χ1n) is 10.6. The molecule has 10 heteroatoms. The van der Waals surface area contributed by atoms with Gasteiger partial charge in [-0.2, -0.15) is 0 Å². The highest BCUT2D eigenvalue weighted by molar-refractivity contribution is 5.97. The van der Waals surface area contributed by atoms with Crippen LogP contribution in [0.5, 0.6) is 0 Å². The third kappa shape index (κ3) is 9.01. The smallest absolute Gasteiger partial charge is 0.267 e. The highest BCUT2D eigenvalue weighted by Crippen LogP contribution is 2.09. The molecule has 0 saturated carbocycles. The molecule has 0 aliphatic rings. The minimum absolute atomic E-state index is 0.114. The van der Waals surface area contributed by atoms with E-state index in [-0.39, 0.29) is 19.0 Å². The molecular weight excluding hydrogens is 436 g/mol. The monoisotopic (exact) mass is 466 g/mol. The van der Waals surface area contributed by atoms with E-state index in [9.17, 15) is 14.4 Å². The van der Waals surface area contributed by atoms with Crippen molar-refractivity contribution in [1.29, 1.82) is 0 Å². The molecule has 1 atom stereocenters. The van der Waals surface area contributed by atoms with Gasteiger partial charge in [-0.15, -0.1) is 0 Å². The Labute approximate surface area is 198 Å². The van der Waals surface area contributed by atoms with Crippen LogP contribution < -0.4 is 27.2 Å². The molecule has 0 aliphatic carbocycles. The Hall–Kier alpha value is -3.75. The number of amides is 3. The largest absolute Gasteiger partial charge is 0.339 e. The van der Waals surface area contributed by atoms with Crippen LogP contribution in [0.3, 0.4) is 0 Å². The zero-order valence-electron chi connectivity index (χ0n) is 19.2. The second-order valence-electron chi connectivity index (χ2n) is 7.67. The maximum atomic E-state index is 12.2. The van der Waals surface area contributed by atoms with E-state index < -0.39 is 17.9 Å². The number of nitrogens with two attached hydrogens (primary N) is 1. The van der Waals surface area contributed by atoms with Crippen molar-refractivity contribution in [2.24, 2.45) is 5.73 Å². The molecule has 0 unspecified atom stereocenters. The fourth-order valence-electron chi connectivity index (χ4n) is 2.75. The maximum absolute atomic E-state index is 12.2. The predicted octanol–water partition coefficient (Wildman–Crippen LogP) is -0.261. The Bertz CT molecular complexity index is 1030. The molecule has 3 amide bonds. The summed E-state index contributed by atoms with van der Waals surface area (Å²) in [5.74, 6) is 4.64. The van der Waals surface area contributed by atoms with Gasteiger partial charge in [0.1, 0.15) is 6.04 Å². The lowest BCUT2D eigenvalue weighted by Gasteiger charge is -2.14. The van der Waals surface area contributed by atoms with Crippen LogP contribution >= 0.6 is 0 Å². The van der Waals surface area contributed by atoms with Gasteiger partial charge in [0.15, 0.2) is 0 Å². The summed E-state index contributed by atoms with van der Waals surface area (Å²) >= 11 is 0. The first-order valence-corrected chi connectivity index (χ1v) is 10.6. The number of benzene rings is 2. The summed E-state index contributed by atoms with van der Waals surface area (Å²) in [4.78, 5) is 37.7. The number of carbonyl (C=O) groups excluding carboxylic acids is 3. The number of rotatable bonds is 10. The van der Waals surface area contributed by atoms with Crippen molar-refractivity contribution in [2.45, 2.75) is 6.04 Å². The van der Waals surface area contributed by atoms with Crippen molar-refractivity contribution in [3.05, 3.63) is 65.2 Å². The number of anilines is 1. The van der Waals surface area contributed by atoms with Crippen LogP contribution in [0.15, 0.2) is 48.5 Å². The van der Waals surface area contributed by atoms with Gasteiger partial charge in [0.05, 0.1) is 6.54 Å². The summed E-state index contributed by atoms with van der Waals surface area (Å²) in [5.41, 5.74) is 9.37. The SMILES string of the molecule is CN(C)CCNCC(=O)Nc1ccc(C#Cc2ccc(C(=O)N[C@@H](CN)C(=O)NO)cc2)cc1. The van der Waals surface area contributed by atoms with Crippen LogP contribution in [-0.2, 0) is 9.59 Å². The molecule has 0 aliphatic heterocycles. The number of hydroxylamine groups is 1. The standard InChI is InChI=1S/C24H30N6O4/c1-30(2)14-13-26-16-22(31)27-20-11-7-18(8-12-20)4-3-17-5-9-19(10-6-17)23(32)28-21(15-25)24(33)29-34/h5-12,21,26,34H,13-16,25H2,1-2H3,(H,27,31)(H,28,32)(H,29,33)/t21-/m0/s1. The molecule has 10 nitrogen and oxygen atoms in total. The van der Waals surface area contributed by atoms with Crippen LogP contribution in [0.25, 0.3) is 0 Å². The molecule has 2 aromatic carbocycles. The van der Waals surface area contributed by atoms with Gasteiger partial charge in [-0.05, 0) is 62.6 Å². The van der Waals surface area contributed by atoms with E-state index in [0.717, 1.165) is 18.7 Å². The van der Waals surface area contributed by atoms with E-state index >= 15 is 0 Å². The lowest BCUT2D eigenvalue weighted by Crippen LogP contribution is -2.50. The van der Waals surface area contributed by atoms with Gasteiger partial charge in [0, 0.05) is 42.0 Å². The van der Waals surface area contributed by atoms with E-state index in [1.165, 1.54) is 5.48 Å². The molecule has 0 spiro atoms. The summed E-state index contributed by atoms with van der Waals surface area (Å²) in [6, 6.07) is 12.7. The summed E-state index contributed by atoms with van der Waals surface area (Å²) < 4.78 is 0. The van der Waals surface area contributed by atoms with Gasteiger partial charge < -0.3 is 26.6 Å². The highest BCUT2D eigenvalue weighted by atomic mass is 16.5. The molecular formula is C24H30N6O4. The Morgan fingerprint density at radius 2 is 1.59 bits per heavy atom. The highest BCUT2D eigenvalue weighted by Gasteiger charge is 2.19. The fourth-order valence-corrected chi connectivity index (χ4v) is 2.75. The number of hydrogen-bond donors (Lipinski definition) is 6. The molecule has 0 heterocycles. The molecule has 2 aromatic rings. The first-order chi connectivity index (χ1) is 16.3. The molecule has 0 aromatic heterocycles. The molecule has 0 fully saturated rings. The second-order valence-corrected chi connectivity index (χ2v) is 7.67. The predicted molar refractivity (Wildman–Crippen MR) is 129 cm³/mol. The molecule has 2 rings (SSSR count). The Balaban J connectivity index is 1.89. The van der Waals surface area contributed by atoms with E-state index in [0.29, 0.717) is 16.8 Å². The van der Waals surface area contributed by atoms with Gasteiger partial charge >= 0.3 is 0 Å². The molecule has 0 saturated heterocycles. The number of nitrogens with one attached hydrogen (secondary N) is 4. The fraction of sp³-hybridized carbons (Fsp3) is 0.292. The number of nitrogens with zero attached hydrogens (tertiary/aromatic N) is 1. The summed E-state index contributed by atoms with van der Waals surface area (Å²) in [7, 11) is 3.95. The van der Waals surface area contributed by atoms with Gasteiger partial charge in [-0.1, -0.05) is 11.8 Å². The van der Waals surface area contributed by atoms with Crippen molar-refractivity contribution in [2.75, 3.05) is 45.6 Å². The van der Waals surface area contributed by atoms with Crippen LogP contribution in [0.4, 0.5) is 5.69 Å². The third-order valence-corrected chi connectivity index (χ3v) is 4.66. The van der Waals surface area contributed by atoms with Crippen molar-refractivity contribution in [3.63, 3.8) is 0 Å². The van der Waals surface area contributed by atoms with E-state index in [1.807, 2.05) is 31.1 Å². The molecule has 0 bridgehead atoms. The normalized spacial score (nSPS) is 11.2. The van der Waals surface area contributed by atoms with Crippen LogP contribution in [0.2, 0.25) is 0 Å². The average Bonchev–Trinajstić information content (AvgIpc) is 2.84. The maximum Gasteiger partial charge on any atom is 0.267 e. The van der Waals surface area contributed by atoms with Gasteiger partial charge in [-0.3, -0.25) is 19.6 Å². The van der Waals surface area contributed by atoms with Crippen molar-refractivity contribution in [3.8, 4) is 11.8 Å². The number of likely N-dealkylation sites (N-methyl/N-ethyl adjacent to an activating group) is 1. The molecule has 0 radical (unpaired) electrons. The topological polar surface area (TPSA) is 149 Å². The number of hydrogen-bond acceptors (Lipinski definition) is 7. The lowest BCUT2D eigenvalue weighted by molar-refractivity contribution is -0.130.